The second-order valence-corrected chi connectivity index (χ2v) is 8.31. The lowest BCUT2D eigenvalue weighted by molar-refractivity contribution is 0.0628. The van der Waals surface area contributed by atoms with E-state index >= 15 is 0 Å². The number of hydrogen-bond donors (Lipinski definition) is 0. The molecule has 0 N–H and O–H groups in total. The van der Waals surface area contributed by atoms with Crippen LogP contribution in [0.5, 0.6) is 5.75 Å². The molecule has 4 rings (SSSR count). The lowest BCUT2D eigenvalue weighted by atomic mass is 10.2. The zero-order chi connectivity index (χ0) is 20.2. The number of nitrogens with zero attached hydrogens (tertiary/aromatic N) is 3. The van der Waals surface area contributed by atoms with Gasteiger partial charge in [-0.1, -0.05) is 17.7 Å². The van der Waals surface area contributed by atoms with Gasteiger partial charge in [-0.25, -0.2) is 4.98 Å². The van der Waals surface area contributed by atoms with E-state index in [1.807, 2.05) is 41.3 Å². The molecule has 0 saturated carbocycles. The summed E-state index contributed by atoms with van der Waals surface area (Å²) in [7, 11) is 1.66. The largest absolute Gasteiger partial charge is 0.497 e. The van der Waals surface area contributed by atoms with Gasteiger partial charge in [-0.2, -0.15) is 0 Å². The Bertz CT molecular complexity index is 982. The number of hydrogen-bond acceptors (Lipinski definition) is 5. The number of halogens is 1. The van der Waals surface area contributed by atoms with Crippen LogP contribution in [0, 0.1) is 0 Å². The van der Waals surface area contributed by atoms with Gasteiger partial charge in [-0.05, 0) is 42.5 Å². The van der Waals surface area contributed by atoms with Crippen LogP contribution in [0.25, 0.3) is 11.3 Å². The quantitative estimate of drug-likeness (QED) is 0.604. The summed E-state index contributed by atoms with van der Waals surface area (Å²) in [5.74, 6) is 0.887. The molecule has 1 aliphatic heterocycles. The summed E-state index contributed by atoms with van der Waals surface area (Å²) >= 11 is 7.69. The third kappa shape index (κ3) is 4.78. The number of piperazine rings is 1. The maximum atomic E-state index is 12.7. The molecule has 1 fully saturated rings. The van der Waals surface area contributed by atoms with Crippen LogP contribution >= 0.6 is 22.9 Å². The smallest absolute Gasteiger partial charge is 0.253 e. The third-order valence-electron chi connectivity index (χ3n) is 5.03. The number of carbonyl (C=O) groups is 1. The van der Waals surface area contributed by atoms with Crippen molar-refractivity contribution in [2.45, 2.75) is 6.54 Å². The van der Waals surface area contributed by atoms with Gasteiger partial charge in [-0.15, -0.1) is 11.3 Å². The molecule has 5 nitrogen and oxygen atoms in total. The summed E-state index contributed by atoms with van der Waals surface area (Å²) in [6.45, 7) is 3.90. The van der Waals surface area contributed by atoms with Crippen LogP contribution in [0.1, 0.15) is 15.4 Å². The third-order valence-corrected chi connectivity index (χ3v) is 6.10. The minimum absolute atomic E-state index is 0.0446. The Balaban J connectivity index is 1.33. The SMILES string of the molecule is COc1ccc(-c2csc(CN3CCN(C(=O)c4cccc(Cl)c4)CC3)n2)cc1. The Kier molecular flexibility index (Phi) is 6.13. The number of amides is 1. The Morgan fingerprint density at radius 1 is 1.14 bits per heavy atom. The van der Waals surface area contributed by atoms with E-state index in [4.69, 9.17) is 21.3 Å². The molecule has 1 aromatic heterocycles. The highest BCUT2D eigenvalue weighted by molar-refractivity contribution is 7.09. The standard InChI is InChI=1S/C22H22ClN3O2S/c1-28-19-7-5-16(6-8-19)20-15-29-21(24-20)14-25-9-11-26(12-10-25)22(27)17-3-2-4-18(23)13-17/h2-8,13,15H,9-12,14H2,1H3. The second kappa shape index (κ2) is 8.95. The number of methoxy groups -OCH3 is 1. The molecular formula is C22H22ClN3O2S. The van der Waals surface area contributed by atoms with Crippen LogP contribution in [0.2, 0.25) is 5.02 Å². The summed E-state index contributed by atoms with van der Waals surface area (Å²) < 4.78 is 5.21. The number of carbonyl (C=O) groups excluding carboxylic acids is 1. The average molecular weight is 428 g/mol. The van der Waals surface area contributed by atoms with Crippen LogP contribution < -0.4 is 4.74 Å². The molecule has 2 aromatic carbocycles. The molecule has 0 spiro atoms. The highest BCUT2D eigenvalue weighted by Gasteiger charge is 2.23. The van der Waals surface area contributed by atoms with E-state index in [0.717, 1.165) is 41.6 Å². The van der Waals surface area contributed by atoms with Gasteiger partial charge in [0.2, 0.25) is 0 Å². The van der Waals surface area contributed by atoms with Gasteiger partial charge >= 0.3 is 0 Å². The normalized spacial score (nSPS) is 14.8. The van der Waals surface area contributed by atoms with Crippen molar-refractivity contribution in [1.82, 2.24) is 14.8 Å². The molecule has 0 bridgehead atoms. The first kappa shape index (κ1) is 19.9. The van der Waals surface area contributed by atoms with Crippen LogP contribution in [0.4, 0.5) is 0 Å². The van der Waals surface area contributed by atoms with Gasteiger partial charge in [0.1, 0.15) is 10.8 Å². The Morgan fingerprint density at radius 3 is 2.59 bits per heavy atom. The molecule has 1 aliphatic rings. The summed E-state index contributed by atoms with van der Waals surface area (Å²) in [6, 6.07) is 15.1. The fourth-order valence-corrected chi connectivity index (χ4v) is 4.42. The average Bonchev–Trinajstić information content (AvgIpc) is 3.22. The Hall–Kier alpha value is -2.41. The van der Waals surface area contributed by atoms with Crippen LogP contribution in [0.15, 0.2) is 53.9 Å². The topological polar surface area (TPSA) is 45.7 Å². The van der Waals surface area contributed by atoms with Crippen molar-refractivity contribution in [3.8, 4) is 17.0 Å². The summed E-state index contributed by atoms with van der Waals surface area (Å²) in [5.41, 5.74) is 2.72. The van der Waals surface area contributed by atoms with Gasteiger partial charge in [-0.3, -0.25) is 9.69 Å². The monoisotopic (exact) mass is 427 g/mol. The molecule has 29 heavy (non-hydrogen) atoms. The molecule has 2 heterocycles. The van der Waals surface area contributed by atoms with E-state index in [9.17, 15) is 4.79 Å². The molecule has 0 atom stereocenters. The summed E-state index contributed by atoms with van der Waals surface area (Å²) in [4.78, 5) is 21.7. The molecule has 1 saturated heterocycles. The fraction of sp³-hybridized carbons (Fsp3) is 0.273. The molecule has 0 radical (unpaired) electrons. The Labute approximate surface area is 179 Å². The minimum Gasteiger partial charge on any atom is -0.497 e. The number of ether oxygens (including phenoxy) is 1. The van der Waals surface area contributed by atoms with Crippen molar-refractivity contribution in [1.29, 1.82) is 0 Å². The first-order valence-electron chi connectivity index (χ1n) is 9.48. The maximum Gasteiger partial charge on any atom is 0.253 e. The van der Waals surface area contributed by atoms with E-state index in [-0.39, 0.29) is 5.91 Å². The van der Waals surface area contributed by atoms with Crippen molar-refractivity contribution >= 4 is 28.8 Å². The number of rotatable bonds is 5. The first-order chi connectivity index (χ1) is 14.1. The lowest BCUT2D eigenvalue weighted by Crippen LogP contribution is -2.48. The van der Waals surface area contributed by atoms with E-state index in [1.165, 1.54) is 0 Å². The highest BCUT2D eigenvalue weighted by atomic mass is 35.5. The van der Waals surface area contributed by atoms with E-state index in [1.54, 1.807) is 30.6 Å². The van der Waals surface area contributed by atoms with Gasteiger partial charge in [0.05, 0.1) is 19.3 Å². The van der Waals surface area contributed by atoms with Gasteiger partial charge in [0, 0.05) is 47.7 Å². The maximum absolute atomic E-state index is 12.7. The van der Waals surface area contributed by atoms with Crippen molar-refractivity contribution < 1.29 is 9.53 Å². The van der Waals surface area contributed by atoms with E-state index in [0.29, 0.717) is 23.7 Å². The van der Waals surface area contributed by atoms with Gasteiger partial charge in [0.15, 0.2) is 0 Å². The molecule has 0 aliphatic carbocycles. The molecule has 7 heteroatoms. The first-order valence-corrected chi connectivity index (χ1v) is 10.7. The molecule has 150 valence electrons. The Morgan fingerprint density at radius 2 is 1.90 bits per heavy atom. The predicted octanol–water partition coefficient (Wildman–Crippen LogP) is 4.43. The molecular weight excluding hydrogens is 406 g/mol. The fourth-order valence-electron chi connectivity index (χ4n) is 3.38. The van der Waals surface area contributed by atoms with Crippen molar-refractivity contribution in [2.75, 3.05) is 33.3 Å². The lowest BCUT2D eigenvalue weighted by Gasteiger charge is -2.34. The molecule has 3 aromatic rings. The van der Waals surface area contributed by atoms with E-state index in [2.05, 4.69) is 10.3 Å². The van der Waals surface area contributed by atoms with Gasteiger partial charge in [0.25, 0.3) is 5.91 Å². The van der Waals surface area contributed by atoms with Crippen LogP contribution in [0.3, 0.4) is 0 Å². The number of aromatic nitrogens is 1. The van der Waals surface area contributed by atoms with Crippen molar-refractivity contribution in [3.05, 3.63) is 69.5 Å². The van der Waals surface area contributed by atoms with Crippen LogP contribution in [-0.2, 0) is 6.54 Å². The molecule has 1 amide bonds. The zero-order valence-corrected chi connectivity index (χ0v) is 17.7. The minimum atomic E-state index is 0.0446. The zero-order valence-electron chi connectivity index (χ0n) is 16.2. The van der Waals surface area contributed by atoms with Crippen LogP contribution in [-0.4, -0.2) is 54.0 Å². The summed E-state index contributed by atoms with van der Waals surface area (Å²) in [6.07, 6.45) is 0. The van der Waals surface area contributed by atoms with Gasteiger partial charge < -0.3 is 9.64 Å². The summed E-state index contributed by atoms with van der Waals surface area (Å²) in [5, 5.41) is 3.77. The van der Waals surface area contributed by atoms with Crippen molar-refractivity contribution in [3.63, 3.8) is 0 Å². The molecule has 0 unspecified atom stereocenters. The predicted molar refractivity (Wildman–Crippen MR) is 117 cm³/mol. The second-order valence-electron chi connectivity index (χ2n) is 6.93. The van der Waals surface area contributed by atoms with E-state index < -0.39 is 0 Å². The highest BCUT2D eigenvalue weighted by Crippen LogP contribution is 2.25. The number of benzene rings is 2. The van der Waals surface area contributed by atoms with Crippen molar-refractivity contribution in [2.24, 2.45) is 0 Å². The number of thiazole rings is 1.